The van der Waals surface area contributed by atoms with Crippen molar-refractivity contribution >= 4 is 11.9 Å². The summed E-state index contributed by atoms with van der Waals surface area (Å²) in [7, 11) is 4.72. The molecule has 0 N–H and O–H groups in total. The summed E-state index contributed by atoms with van der Waals surface area (Å²) in [6.07, 6.45) is 0. The molecule has 0 bridgehead atoms. The maximum absolute atomic E-state index is 12.1. The Hall–Kier alpha value is -1.85. The van der Waals surface area contributed by atoms with E-state index >= 15 is 0 Å². The SMILES string of the molecule is COC(=O)C(C)CN(C)C(=O)c1cc(C)nn1C. The molecule has 1 amide bonds. The van der Waals surface area contributed by atoms with Crippen molar-refractivity contribution in [2.24, 2.45) is 13.0 Å². The molecule has 0 aliphatic rings. The third-order valence-corrected chi connectivity index (χ3v) is 2.72. The van der Waals surface area contributed by atoms with E-state index in [0.717, 1.165) is 5.69 Å². The lowest BCUT2D eigenvalue weighted by atomic mass is 10.1. The molecule has 0 saturated carbocycles. The van der Waals surface area contributed by atoms with Crippen LogP contribution in [0.4, 0.5) is 0 Å². The van der Waals surface area contributed by atoms with Gasteiger partial charge in [-0.25, -0.2) is 0 Å². The van der Waals surface area contributed by atoms with E-state index in [4.69, 9.17) is 0 Å². The number of hydrogen-bond acceptors (Lipinski definition) is 4. The zero-order chi connectivity index (χ0) is 13.9. The average Bonchev–Trinajstić information content (AvgIpc) is 2.66. The highest BCUT2D eigenvalue weighted by molar-refractivity contribution is 5.92. The molecule has 18 heavy (non-hydrogen) atoms. The molecule has 100 valence electrons. The first kappa shape index (κ1) is 14.2. The van der Waals surface area contributed by atoms with Crippen LogP contribution in [0.3, 0.4) is 0 Å². The van der Waals surface area contributed by atoms with E-state index in [9.17, 15) is 9.59 Å². The number of aryl methyl sites for hydroxylation is 2. The van der Waals surface area contributed by atoms with Gasteiger partial charge in [-0.2, -0.15) is 5.10 Å². The number of ether oxygens (including phenoxy) is 1. The number of nitrogens with zero attached hydrogens (tertiary/aromatic N) is 3. The molecule has 1 unspecified atom stereocenters. The predicted molar refractivity (Wildman–Crippen MR) is 66.1 cm³/mol. The van der Waals surface area contributed by atoms with Crippen LogP contribution in [0.25, 0.3) is 0 Å². The summed E-state index contributed by atoms with van der Waals surface area (Å²) < 4.78 is 6.17. The summed E-state index contributed by atoms with van der Waals surface area (Å²) in [5.74, 6) is -0.831. The summed E-state index contributed by atoms with van der Waals surface area (Å²) in [5.41, 5.74) is 1.29. The summed E-state index contributed by atoms with van der Waals surface area (Å²) in [4.78, 5) is 24.9. The fourth-order valence-corrected chi connectivity index (χ4v) is 1.78. The molecule has 1 heterocycles. The van der Waals surface area contributed by atoms with Crippen molar-refractivity contribution in [3.63, 3.8) is 0 Å². The van der Waals surface area contributed by atoms with Crippen LogP contribution in [0.5, 0.6) is 0 Å². The van der Waals surface area contributed by atoms with Crippen molar-refractivity contribution in [3.8, 4) is 0 Å². The molecule has 0 aliphatic heterocycles. The zero-order valence-corrected chi connectivity index (χ0v) is 11.4. The van der Waals surface area contributed by atoms with Gasteiger partial charge in [-0.3, -0.25) is 14.3 Å². The molecule has 6 nitrogen and oxygen atoms in total. The second kappa shape index (κ2) is 5.66. The normalized spacial score (nSPS) is 12.1. The van der Waals surface area contributed by atoms with Crippen LogP contribution in [0.2, 0.25) is 0 Å². The van der Waals surface area contributed by atoms with Crippen LogP contribution in [-0.2, 0) is 16.6 Å². The second-order valence-electron chi connectivity index (χ2n) is 4.40. The smallest absolute Gasteiger partial charge is 0.310 e. The molecule has 1 rings (SSSR count). The van der Waals surface area contributed by atoms with Crippen LogP contribution in [0.1, 0.15) is 23.1 Å². The number of hydrogen-bond donors (Lipinski definition) is 0. The van der Waals surface area contributed by atoms with Crippen molar-refractivity contribution in [2.45, 2.75) is 13.8 Å². The molecule has 6 heteroatoms. The summed E-state index contributed by atoms with van der Waals surface area (Å²) in [5, 5.41) is 4.12. The standard InChI is InChI=1S/C12H19N3O3/c1-8(12(17)18-5)7-14(3)11(16)10-6-9(2)13-15(10)4/h6,8H,7H2,1-5H3. The average molecular weight is 253 g/mol. The summed E-state index contributed by atoms with van der Waals surface area (Å²) in [6.45, 7) is 3.87. The third kappa shape index (κ3) is 3.09. The van der Waals surface area contributed by atoms with Gasteiger partial charge in [-0.05, 0) is 13.0 Å². The first-order valence-corrected chi connectivity index (χ1v) is 5.70. The first-order chi connectivity index (χ1) is 8.36. The van der Waals surface area contributed by atoms with Crippen molar-refractivity contribution < 1.29 is 14.3 Å². The van der Waals surface area contributed by atoms with Crippen LogP contribution >= 0.6 is 0 Å². The second-order valence-corrected chi connectivity index (χ2v) is 4.40. The lowest BCUT2D eigenvalue weighted by Gasteiger charge is -2.20. The third-order valence-electron chi connectivity index (χ3n) is 2.72. The number of carbonyl (C=O) groups is 2. The van der Waals surface area contributed by atoms with Crippen LogP contribution in [0.15, 0.2) is 6.07 Å². The lowest BCUT2D eigenvalue weighted by Crippen LogP contribution is -2.35. The molecule has 0 radical (unpaired) electrons. The highest BCUT2D eigenvalue weighted by atomic mass is 16.5. The highest BCUT2D eigenvalue weighted by Gasteiger charge is 2.21. The van der Waals surface area contributed by atoms with Gasteiger partial charge in [-0.1, -0.05) is 6.92 Å². The molecule has 0 spiro atoms. The number of esters is 1. The predicted octanol–water partition coefficient (Wildman–Crippen LogP) is 0.610. The van der Waals surface area contributed by atoms with Crippen molar-refractivity contribution in [1.82, 2.24) is 14.7 Å². The Morgan fingerprint density at radius 1 is 1.56 bits per heavy atom. The number of amides is 1. The summed E-state index contributed by atoms with van der Waals surface area (Å²) in [6, 6.07) is 1.72. The van der Waals surface area contributed by atoms with Crippen molar-refractivity contribution in [2.75, 3.05) is 20.7 Å². The first-order valence-electron chi connectivity index (χ1n) is 5.70. The Bertz CT molecular complexity index is 453. The van der Waals surface area contributed by atoms with Gasteiger partial charge in [0.05, 0.1) is 18.7 Å². The Balaban J connectivity index is 2.73. The van der Waals surface area contributed by atoms with Gasteiger partial charge in [0, 0.05) is 20.6 Å². The van der Waals surface area contributed by atoms with Gasteiger partial charge in [-0.15, -0.1) is 0 Å². The van der Waals surface area contributed by atoms with E-state index in [0.29, 0.717) is 12.2 Å². The quantitative estimate of drug-likeness (QED) is 0.737. The number of methoxy groups -OCH3 is 1. The number of carbonyl (C=O) groups excluding carboxylic acids is 2. The maximum atomic E-state index is 12.1. The Morgan fingerprint density at radius 3 is 2.61 bits per heavy atom. The van der Waals surface area contributed by atoms with Crippen molar-refractivity contribution in [1.29, 1.82) is 0 Å². The largest absolute Gasteiger partial charge is 0.469 e. The zero-order valence-electron chi connectivity index (χ0n) is 11.4. The maximum Gasteiger partial charge on any atom is 0.310 e. The van der Waals surface area contributed by atoms with Gasteiger partial charge in [0.1, 0.15) is 5.69 Å². The Morgan fingerprint density at radius 2 is 2.17 bits per heavy atom. The minimum atomic E-state index is -0.349. The van der Waals surface area contributed by atoms with E-state index in [-0.39, 0.29) is 17.8 Å². The molecule has 0 aromatic carbocycles. The van der Waals surface area contributed by atoms with Gasteiger partial charge < -0.3 is 9.64 Å². The summed E-state index contributed by atoms with van der Waals surface area (Å²) >= 11 is 0. The highest BCUT2D eigenvalue weighted by Crippen LogP contribution is 2.08. The molecular formula is C12H19N3O3. The molecular weight excluding hydrogens is 234 g/mol. The molecule has 1 aromatic heterocycles. The van der Waals surface area contributed by atoms with E-state index < -0.39 is 0 Å². The van der Waals surface area contributed by atoms with Gasteiger partial charge in [0.15, 0.2) is 0 Å². The van der Waals surface area contributed by atoms with Crippen LogP contribution in [0, 0.1) is 12.8 Å². The minimum absolute atomic E-state index is 0.158. The molecule has 0 saturated heterocycles. The lowest BCUT2D eigenvalue weighted by molar-refractivity contribution is -0.145. The van der Waals surface area contributed by atoms with E-state index in [1.807, 2.05) is 6.92 Å². The Labute approximate surface area is 107 Å². The van der Waals surface area contributed by atoms with Crippen molar-refractivity contribution in [3.05, 3.63) is 17.5 Å². The molecule has 0 aliphatic carbocycles. The van der Waals surface area contributed by atoms with Gasteiger partial charge in [0.2, 0.25) is 0 Å². The number of rotatable bonds is 4. The molecule has 1 atom stereocenters. The fourth-order valence-electron chi connectivity index (χ4n) is 1.78. The minimum Gasteiger partial charge on any atom is -0.469 e. The van der Waals surface area contributed by atoms with E-state index in [1.165, 1.54) is 16.7 Å². The Kier molecular flexibility index (Phi) is 4.47. The topological polar surface area (TPSA) is 64.4 Å². The van der Waals surface area contributed by atoms with Crippen LogP contribution in [-0.4, -0.2) is 47.3 Å². The molecule has 0 fully saturated rings. The monoisotopic (exact) mass is 253 g/mol. The van der Waals surface area contributed by atoms with E-state index in [2.05, 4.69) is 9.84 Å². The molecule has 1 aromatic rings. The van der Waals surface area contributed by atoms with Crippen LogP contribution < -0.4 is 0 Å². The van der Waals surface area contributed by atoms with Gasteiger partial charge in [0.25, 0.3) is 5.91 Å². The van der Waals surface area contributed by atoms with Gasteiger partial charge >= 0.3 is 5.97 Å². The fraction of sp³-hybridized carbons (Fsp3) is 0.583. The number of aromatic nitrogens is 2. The van der Waals surface area contributed by atoms with E-state index in [1.54, 1.807) is 27.1 Å².